The highest BCUT2D eigenvalue weighted by Gasteiger charge is 2.26. The number of benzene rings is 1. The molecular formula is C9H8F4O2. The predicted octanol–water partition coefficient (Wildman–Crippen LogP) is 2.89. The summed E-state index contributed by atoms with van der Waals surface area (Å²) >= 11 is 0. The van der Waals surface area contributed by atoms with E-state index in [1.54, 1.807) is 0 Å². The third kappa shape index (κ3) is 1.93. The summed E-state index contributed by atoms with van der Waals surface area (Å²) in [6.45, 7) is 0.819. The van der Waals surface area contributed by atoms with Crippen molar-refractivity contribution in [2.24, 2.45) is 0 Å². The summed E-state index contributed by atoms with van der Waals surface area (Å²) in [6.07, 6.45) is 0. The van der Waals surface area contributed by atoms with E-state index in [2.05, 4.69) is 0 Å². The lowest BCUT2D eigenvalue weighted by molar-refractivity contribution is 0.0684. The third-order valence-corrected chi connectivity index (χ3v) is 1.70. The summed E-state index contributed by atoms with van der Waals surface area (Å²) < 4.78 is 50.9. The molecule has 0 saturated carbocycles. The van der Waals surface area contributed by atoms with Gasteiger partial charge in [0.2, 0.25) is 0 Å². The van der Waals surface area contributed by atoms with Gasteiger partial charge in [0.05, 0.1) is 0 Å². The summed E-state index contributed by atoms with van der Waals surface area (Å²) in [6, 6.07) is 0. The number of hydrogen-bond acceptors (Lipinski definition) is 1. The van der Waals surface area contributed by atoms with Crippen molar-refractivity contribution < 1.29 is 27.5 Å². The molecule has 0 aliphatic heterocycles. The van der Waals surface area contributed by atoms with E-state index < -0.39 is 40.4 Å². The molecule has 15 heavy (non-hydrogen) atoms. The van der Waals surface area contributed by atoms with Crippen molar-refractivity contribution in [3.63, 3.8) is 0 Å². The van der Waals surface area contributed by atoms with Crippen LogP contribution in [0.3, 0.4) is 0 Å². The summed E-state index contributed by atoms with van der Waals surface area (Å²) in [4.78, 5) is 10.3. The Labute approximate surface area is 83.1 Å². The SMILES string of the molecule is C.Cc1c(F)c(F)c(F)c(C(=O)O)c1F. The van der Waals surface area contributed by atoms with Crippen molar-refractivity contribution in [2.45, 2.75) is 14.4 Å². The van der Waals surface area contributed by atoms with Gasteiger partial charge < -0.3 is 5.11 Å². The van der Waals surface area contributed by atoms with Gasteiger partial charge in [-0.05, 0) is 6.92 Å². The minimum Gasteiger partial charge on any atom is -0.477 e. The van der Waals surface area contributed by atoms with Crippen LogP contribution in [0, 0.1) is 30.2 Å². The zero-order chi connectivity index (χ0) is 11.0. The van der Waals surface area contributed by atoms with E-state index in [9.17, 15) is 22.4 Å². The van der Waals surface area contributed by atoms with Crippen molar-refractivity contribution in [3.05, 3.63) is 34.4 Å². The molecule has 0 spiro atoms. The molecule has 0 unspecified atom stereocenters. The van der Waals surface area contributed by atoms with Crippen molar-refractivity contribution >= 4 is 5.97 Å². The van der Waals surface area contributed by atoms with E-state index in [-0.39, 0.29) is 7.43 Å². The first kappa shape index (κ1) is 13.4. The van der Waals surface area contributed by atoms with Crippen molar-refractivity contribution in [3.8, 4) is 0 Å². The Kier molecular flexibility index (Phi) is 3.83. The highest BCUT2D eigenvalue weighted by molar-refractivity contribution is 5.88. The molecule has 0 aliphatic rings. The Balaban J connectivity index is 0.00000196. The molecule has 0 fully saturated rings. The monoisotopic (exact) mass is 224 g/mol. The lowest BCUT2D eigenvalue weighted by atomic mass is 10.1. The first-order valence-electron chi connectivity index (χ1n) is 3.43. The van der Waals surface area contributed by atoms with Crippen LogP contribution in [-0.2, 0) is 0 Å². The molecule has 84 valence electrons. The van der Waals surface area contributed by atoms with Gasteiger partial charge in [-0.1, -0.05) is 7.43 Å². The molecule has 1 N–H and O–H groups in total. The Bertz CT molecular complexity index is 386. The van der Waals surface area contributed by atoms with E-state index >= 15 is 0 Å². The van der Waals surface area contributed by atoms with Crippen LogP contribution in [0.2, 0.25) is 0 Å². The quantitative estimate of drug-likeness (QED) is 0.452. The second-order valence-electron chi connectivity index (χ2n) is 2.56. The Morgan fingerprint density at radius 1 is 1.00 bits per heavy atom. The van der Waals surface area contributed by atoms with Gasteiger partial charge in [-0.25, -0.2) is 22.4 Å². The third-order valence-electron chi connectivity index (χ3n) is 1.70. The summed E-state index contributed by atoms with van der Waals surface area (Å²) in [5.41, 5.74) is -2.34. The number of carboxylic acids is 1. The largest absolute Gasteiger partial charge is 0.477 e. The number of carbonyl (C=O) groups is 1. The predicted molar refractivity (Wildman–Crippen MR) is 44.7 cm³/mol. The molecule has 1 aromatic carbocycles. The van der Waals surface area contributed by atoms with E-state index in [0.717, 1.165) is 6.92 Å². The Hall–Kier alpha value is -1.59. The van der Waals surface area contributed by atoms with Gasteiger partial charge >= 0.3 is 5.97 Å². The maximum absolute atomic E-state index is 12.9. The molecule has 0 bridgehead atoms. The highest BCUT2D eigenvalue weighted by atomic mass is 19.2. The first-order chi connectivity index (χ1) is 6.37. The second kappa shape index (κ2) is 4.29. The van der Waals surface area contributed by atoms with Crippen molar-refractivity contribution in [1.82, 2.24) is 0 Å². The van der Waals surface area contributed by atoms with Crippen molar-refractivity contribution in [2.75, 3.05) is 0 Å². The molecule has 1 rings (SSSR count). The average molecular weight is 224 g/mol. The van der Waals surface area contributed by atoms with Gasteiger partial charge in [0.1, 0.15) is 11.4 Å². The summed E-state index contributed by atoms with van der Waals surface area (Å²) in [5, 5.41) is 8.32. The number of aromatic carboxylic acids is 1. The minimum absolute atomic E-state index is 0. The lowest BCUT2D eigenvalue weighted by Crippen LogP contribution is -2.11. The molecule has 0 amide bonds. The Morgan fingerprint density at radius 2 is 1.47 bits per heavy atom. The van der Waals surface area contributed by atoms with E-state index in [0.29, 0.717) is 0 Å². The van der Waals surface area contributed by atoms with E-state index in [1.165, 1.54) is 0 Å². The smallest absolute Gasteiger partial charge is 0.341 e. The zero-order valence-corrected chi connectivity index (χ0v) is 6.87. The van der Waals surface area contributed by atoms with Crippen LogP contribution >= 0.6 is 0 Å². The molecule has 0 saturated heterocycles. The highest BCUT2D eigenvalue weighted by Crippen LogP contribution is 2.23. The van der Waals surface area contributed by atoms with Crippen LogP contribution in [0.1, 0.15) is 23.3 Å². The molecule has 0 aliphatic carbocycles. The van der Waals surface area contributed by atoms with Crippen LogP contribution in [0.25, 0.3) is 0 Å². The molecule has 0 heterocycles. The first-order valence-corrected chi connectivity index (χ1v) is 3.43. The fourth-order valence-electron chi connectivity index (χ4n) is 0.939. The van der Waals surface area contributed by atoms with E-state index in [4.69, 9.17) is 5.11 Å². The van der Waals surface area contributed by atoms with E-state index in [1.807, 2.05) is 0 Å². The fraction of sp³-hybridized carbons (Fsp3) is 0.222. The maximum Gasteiger partial charge on any atom is 0.341 e. The van der Waals surface area contributed by atoms with Gasteiger partial charge in [0.25, 0.3) is 0 Å². The van der Waals surface area contributed by atoms with Crippen LogP contribution in [0.5, 0.6) is 0 Å². The fourth-order valence-corrected chi connectivity index (χ4v) is 0.939. The maximum atomic E-state index is 12.9. The number of rotatable bonds is 1. The normalized spacial score (nSPS) is 9.67. The van der Waals surface area contributed by atoms with Crippen LogP contribution in [0.4, 0.5) is 17.6 Å². The molecule has 6 heteroatoms. The Morgan fingerprint density at radius 3 is 1.87 bits per heavy atom. The standard InChI is InChI=1S/C8H4F4O2.CH4/c1-2-4(9)3(8(13)14)6(11)7(12)5(2)10;/h1H3,(H,13,14);1H4. The van der Waals surface area contributed by atoms with Gasteiger partial charge in [-0.2, -0.15) is 0 Å². The zero-order valence-electron chi connectivity index (χ0n) is 6.87. The average Bonchev–Trinajstić information content (AvgIpc) is 2.11. The van der Waals surface area contributed by atoms with Crippen molar-refractivity contribution in [1.29, 1.82) is 0 Å². The van der Waals surface area contributed by atoms with Crippen LogP contribution < -0.4 is 0 Å². The van der Waals surface area contributed by atoms with Gasteiger partial charge in [-0.3, -0.25) is 0 Å². The number of halogens is 4. The molecule has 0 radical (unpaired) electrons. The lowest BCUT2D eigenvalue weighted by Gasteiger charge is -2.05. The molecule has 1 aromatic rings. The minimum atomic E-state index is -2.03. The van der Waals surface area contributed by atoms with Crippen LogP contribution in [0.15, 0.2) is 0 Å². The topological polar surface area (TPSA) is 37.3 Å². The summed E-state index contributed by atoms with van der Waals surface area (Å²) in [5.74, 6) is -9.32. The van der Waals surface area contributed by atoms with Gasteiger partial charge in [-0.15, -0.1) is 0 Å². The van der Waals surface area contributed by atoms with Gasteiger partial charge in [0, 0.05) is 5.56 Å². The molecule has 2 nitrogen and oxygen atoms in total. The van der Waals surface area contributed by atoms with Gasteiger partial charge in [0.15, 0.2) is 17.5 Å². The molecular weight excluding hydrogens is 216 g/mol. The number of carboxylic acid groups (broad SMARTS) is 1. The summed E-state index contributed by atoms with van der Waals surface area (Å²) in [7, 11) is 0. The number of hydrogen-bond donors (Lipinski definition) is 1. The van der Waals surface area contributed by atoms with Crippen LogP contribution in [-0.4, -0.2) is 11.1 Å². The molecule has 0 aromatic heterocycles. The molecule has 0 atom stereocenters. The second-order valence-corrected chi connectivity index (χ2v) is 2.56.